The molecule has 578 valence electrons. The van der Waals surface area contributed by atoms with Gasteiger partial charge in [0.05, 0.1) is 51.4 Å². The maximum Gasteiger partial charge on any atom is 2.00 e. The van der Waals surface area contributed by atoms with Crippen molar-refractivity contribution >= 4 is 139 Å². The largest absolute Gasteiger partial charge is 2.00 e. The van der Waals surface area contributed by atoms with Crippen molar-refractivity contribution in [2.24, 2.45) is 0 Å². The molecule has 0 radical (unpaired) electrons. The van der Waals surface area contributed by atoms with Gasteiger partial charge >= 0.3 is 37.4 Å². The molecule has 0 amide bonds. The maximum atomic E-state index is 11.6. The Balaban J connectivity index is 0.0000109. The van der Waals surface area contributed by atoms with E-state index in [0.717, 1.165) is 65.9 Å². The fraction of sp³-hybridized carbons (Fsp3) is 0.0417. The number of nitrogens with zero attached hydrogens (tertiary/aromatic N) is 12. The molecular formula is C96H60N12O12Zn. The van der Waals surface area contributed by atoms with Crippen LogP contribution in [0, 0.1) is 40.6 Å². The van der Waals surface area contributed by atoms with Crippen molar-refractivity contribution in [2.45, 2.75) is 26.9 Å². The summed E-state index contributed by atoms with van der Waals surface area (Å²) in [6, 6.07) is 73.6. The average molecular weight is 1640 g/mol. The van der Waals surface area contributed by atoms with Crippen LogP contribution >= 0.6 is 0 Å². The number of carbonyl (C=O) groups is 4. The molecule has 7 aromatic heterocycles. The van der Waals surface area contributed by atoms with Crippen molar-refractivity contribution < 1.29 is 77.7 Å². The summed E-state index contributed by atoms with van der Waals surface area (Å²) in [7, 11) is 0. The molecule has 0 aliphatic carbocycles. The van der Waals surface area contributed by atoms with Gasteiger partial charge in [-0.15, -0.1) is 22.1 Å². The van der Waals surface area contributed by atoms with Gasteiger partial charge in [-0.05, 0) is 237 Å². The van der Waals surface area contributed by atoms with Crippen molar-refractivity contribution in [3.05, 3.63) is 322 Å². The number of hydrogen-bond donors (Lipinski definition) is 3. The molecule has 0 saturated heterocycles. The number of rotatable bonds is 25. The van der Waals surface area contributed by atoms with Crippen molar-refractivity contribution in [1.29, 1.82) is 15.8 Å². The summed E-state index contributed by atoms with van der Waals surface area (Å²) in [5.74, 6) is -1.77. The molecule has 24 nitrogen and oxygen atoms in total. The van der Waals surface area contributed by atoms with Crippen molar-refractivity contribution in [2.75, 3.05) is 0 Å². The molecule has 8 aromatic carbocycles. The first kappa shape index (κ1) is 78.1. The molecule has 8 bridgehead atoms. The predicted octanol–water partition coefficient (Wildman–Crippen LogP) is 18.9. The molecule has 15 aromatic rings. The molecular weight excluding hydrogens is 1580 g/mol. The predicted molar refractivity (Wildman–Crippen MR) is 454 cm³/mol. The number of aromatic nitrogens is 8. The molecule has 2 aliphatic rings. The zero-order chi connectivity index (χ0) is 82.5. The van der Waals surface area contributed by atoms with Crippen LogP contribution in [0.1, 0.15) is 45.0 Å². The van der Waals surface area contributed by atoms with Gasteiger partial charge in [-0.2, -0.15) is 15.8 Å². The Morgan fingerprint density at radius 3 is 0.934 bits per heavy atom. The Labute approximate surface area is 700 Å². The first-order chi connectivity index (χ1) is 58.6. The first-order valence-corrected chi connectivity index (χ1v) is 37.2. The van der Waals surface area contributed by atoms with E-state index >= 15 is 0 Å². The third kappa shape index (κ3) is 16.3. The third-order valence-corrected chi connectivity index (χ3v) is 20.4. The number of hydrogen-bond acceptors (Lipinski definition) is 14. The van der Waals surface area contributed by atoms with Crippen LogP contribution in [0.3, 0.4) is 0 Å². The van der Waals surface area contributed by atoms with Gasteiger partial charge in [0.1, 0.15) is 52.4 Å². The van der Waals surface area contributed by atoms with Gasteiger partial charge in [0, 0.05) is 46.3 Å². The van der Waals surface area contributed by atoms with Crippen LogP contribution in [0.15, 0.2) is 266 Å². The minimum absolute atomic E-state index is 0. The minimum atomic E-state index is -1.31. The van der Waals surface area contributed by atoms with E-state index in [9.17, 15) is 50.3 Å². The summed E-state index contributed by atoms with van der Waals surface area (Å²) in [4.78, 5) is 71.2. The number of nitriles is 3. The van der Waals surface area contributed by atoms with Crippen molar-refractivity contribution in [1.82, 2.24) is 38.2 Å². The van der Waals surface area contributed by atoms with Crippen LogP contribution in [0.4, 0.5) is 0 Å². The van der Waals surface area contributed by atoms with Crippen molar-refractivity contribution in [3.8, 4) is 85.7 Å². The second kappa shape index (κ2) is 33.9. The first-order valence-electron chi connectivity index (χ1n) is 37.2. The van der Waals surface area contributed by atoms with Crippen molar-refractivity contribution in [3.63, 3.8) is 0 Å². The van der Waals surface area contributed by atoms with Crippen LogP contribution < -0.4 is 28.9 Å². The van der Waals surface area contributed by atoms with Crippen LogP contribution in [0.2, 0.25) is 0 Å². The summed E-state index contributed by atoms with van der Waals surface area (Å²) < 4.78 is 38.4. The van der Waals surface area contributed by atoms with E-state index in [-0.39, 0.29) is 69.8 Å². The smallest absolute Gasteiger partial charge is 0.657 e. The second-order valence-electron chi connectivity index (χ2n) is 27.7. The van der Waals surface area contributed by atoms with Gasteiger partial charge < -0.3 is 67.2 Å². The Hall–Kier alpha value is -16.9. The number of ether oxygens (including phenoxy) is 5. The van der Waals surface area contributed by atoms with Gasteiger partial charge in [-0.25, -0.2) is 24.4 Å². The quantitative estimate of drug-likeness (QED) is 0.0119. The zero-order valence-corrected chi connectivity index (χ0v) is 66.7. The summed E-state index contributed by atoms with van der Waals surface area (Å²) in [6.07, 6.45) is 20.9. The van der Waals surface area contributed by atoms with Gasteiger partial charge in [0.2, 0.25) is 5.76 Å². The normalized spacial score (nSPS) is 12.0. The molecule has 3 N–H and O–H groups in total. The molecule has 0 spiro atoms. The third-order valence-electron chi connectivity index (χ3n) is 20.4. The van der Waals surface area contributed by atoms with E-state index < -0.39 is 23.6 Å². The molecule has 17 rings (SSSR count). The van der Waals surface area contributed by atoms with E-state index in [1.807, 2.05) is 274 Å². The van der Waals surface area contributed by atoms with Crippen LogP contribution in [0.25, 0.3) is 164 Å². The Morgan fingerprint density at radius 2 is 0.678 bits per heavy atom. The molecule has 9 heterocycles. The SMILES string of the molecule is [C-]#[N+]/C(=C\c1ccc2c(ccn2COc2ccc(-c3c4nc(c(-c5ccc(OCn6ccc7cc(/C=C(/C#N)C(=O)O)ccc76)cc5)c5ccc([n-]5)c(-c5ccc(OCn6ccc7cc(/C=C(\C#N)OC=O)ccc76)cc5)c5nc(c(-c6ccc(OCn7ccc8cc(/C=C(/C#N)C(=O)O)ccc87)cc6)c6ccc3[n-]6)C=C5)C=C4)cc2)c1)C(=O)O.[Zn+2]. The molecule has 0 atom stereocenters. The summed E-state index contributed by atoms with van der Waals surface area (Å²) in [6.45, 7) is 8.11. The minimum Gasteiger partial charge on any atom is -0.657 e. The molecule has 2 aliphatic heterocycles. The number of fused-ring (bicyclic) bond motifs is 12. The molecule has 0 unspecified atom stereocenters. The Bertz CT molecular complexity index is 6810. The zero-order valence-electron chi connectivity index (χ0n) is 63.7. The van der Waals surface area contributed by atoms with E-state index in [1.165, 1.54) is 24.3 Å². The number of allylic oxidation sites excluding steroid dienone is 1. The Kier molecular flexibility index (Phi) is 21.9. The number of aliphatic carboxylic acids is 3. The fourth-order valence-corrected chi connectivity index (χ4v) is 14.6. The van der Waals surface area contributed by atoms with Crippen LogP contribution in [0.5, 0.6) is 23.0 Å². The van der Waals surface area contributed by atoms with Gasteiger partial charge in [0.25, 0.3) is 12.2 Å². The number of carbonyl (C=O) groups excluding carboxylic acids is 1. The number of benzene rings is 8. The molecule has 25 heteroatoms. The van der Waals surface area contributed by atoms with E-state index in [4.69, 9.17) is 50.2 Å². The molecule has 0 saturated carbocycles. The standard InChI is InChI=1S/C96H62N12O12.Zn/c1-100-85(96(114)115)49-61-5-33-89-69(45-61)37-41-108(89)56-119-75-20-12-65(13-21-75)93-83-28-24-79(103-83)90(62-6-14-72(15-7-62)116-53-105-38-34-66-42-58(2-30-86(66)105)46-70(50-97)94(110)111)77-22-26-81(101-77)92(64-10-18-74(19-11-64)118-55-107-40-36-68-44-60(4-32-88(68)107)48-76(52-99)120-57-109)82-27-23-78(102-82)91(80-25-29-84(93)104-80)63-8-16-73(17-9-63)117-54-106-39-35-67-43-59(3-31-87(67)106)47-71(51-98)95(112)113;/h2-49,57H,53-56H2,(H5,101,102,103,104,110,111,112,113,114,115);/q;+2/p-2/b70-46-,71-47-,76-48+,85-49-,90-77?,90-79?,91-78?,91-80?,92-81?,92-82?,93-83?,93-84?;. The van der Waals surface area contributed by atoms with Crippen LogP contribution in [-0.4, -0.2) is 67.9 Å². The average Bonchev–Trinajstić information content (AvgIpc) is 1.61. The van der Waals surface area contributed by atoms with E-state index in [2.05, 4.69) is 4.85 Å². The molecule has 0 fully saturated rings. The number of carboxylic acids is 3. The number of carboxylic acid groups (broad SMARTS) is 3. The topological polar surface area (TPSA) is 325 Å². The monoisotopic (exact) mass is 1640 g/mol. The van der Waals surface area contributed by atoms with E-state index in [0.29, 0.717) is 112 Å². The fourth-order valence-electron chi connectivity index (χ4n) is 14.6. The summed E-state index contributed by atoms with van der Waals surface area (Å²) in [5, 5.41) is 60.1. The second-order valence-corrected chi connectivity index (χ2v) is 27.7. The maximum absolute atomic E-state index is 11.6. The van der Waals surface area contributed by atoms with Gasteiger partial charge in [0.15, 0.2) is 26.9 Å². The van der Waals surface area contributed by atoms with E-state index in [1.54, 1.807) is 30.3 Å². The van der Waals surface area contributed by atoms with Gasteiger partial charge in [-0.3, -0.25) is 9.59 Å². The summed E-state index contributed by atoms with van der Waals surface area (Å²) >= 11 is 0. The van der Waals surface area contributed by atoms with Gasteiger partial charge in [-0.1, -0.05) is 97.1 Å². The summed E-state index contributed by atoms with van der Waals surface area (Å²) in [5.41, 5.74) is 15.4. The van der Waals surface area contributed by atoms with Crippen LogP contribution in [-0.2, 0) is 70.3 Å². The molecule has 121 heavy (non-hydrogen) atoms. The Morgan fingerprint density at radius 1 is 0.388 bits per heavy atom.